The van der Waals surface area contributed by atoms with Crippen molar-refractivity contribution in [2.24, 2.45) is 0 Å². The molecular formula is C11H17N3O4. The summed E-state index contributed by atoms with van der Waals surface area (Å²) in [6.07, 6.45) is 1.34. The molecule has 0 aliphatic carbocycles. The Kier molecular flexibility index (Phi) is 4.43. The summed E-state index contributed by atoms with van der Waals surface area (Å²) in [4.78, 5) is 22.1. The topological polar surface area (TPSA) is 97.4 Å². The van der Waals surface area contributed by atoms with Crippen LogP contribution in [0.3, 0.4) is 0 Å². The molecule has 1 amide bonds. The zero-order chi connectivity index (χ0) is 13.9. The van der Waals surface area contributed by atoms with Crippen LogP contribution < -0.4 is 5.32 Å². The normalized spacial score (nSPS) is 12.5. The van der Waals surface area contributed by atoms with E-state index in [0.29, 0.717) is 0 Å². The van der Waals surface area contributed by atoms with Crippen molar-refractivity contribution in [3.05, 3.63) is 28.1 Å². The van der Waals surface area contributed by atoms with Crippen LogP contribution in [0.2, 0.25) is 0 Å². The van der Waals surface area contributed by atoms with Gasteiger partial charge in [-0.3, -0.25) is 14.9 Å². The Hall–Kier alpha value is -1.89. The van der Waals surface area contributed by atoms with Crippen molar-refractivity contribution in [3.8, 4) is 0 Å². The average Bonchev–Trinajstić information content (AvgIpc) is 2.73. The molecule has 0 bridgehead atoms. The third kappa shape index (κ3) is 3.07. The molecule has 1 aromatic heterocycles. The molecule has 1 rings (SSSR count). The van der Waals surface area contributed by atoms with Gasteiger partial charge >= 0.3 is 0 Å². The third-order valence-electron chi connectivity index (χ3n) is 2.49. The summed E-state index contributed by atoms with van der Waals surface area (Å²) in [5.41, 5.74) is 0.0995. The van der Waals surface area contributed by atoms with E-state index >= 15 is 0 Å². The minimum atomic E-state index is -0.537. The second-order valence-corrected chi connectivity index (χ2v) is 4.40. The molecule has 0 saturated carbocycles. The summed E-state index contributed by atoms with van der Waals surface area (Å²) in [5, 5.41) is 22.1. The number of aliphatic hydroxyl groups excluding tert-OH is 1. The van der Waals surface area contributed by atoms with E-state index in [1.807, 2.05) is 13.8 Å². The van der Waals surface area contributed by atoms with Crippen molar-refractivity contribution in [2.45, 2.75) is 32.9 Å². The second kappa shape index (κ2) is 5.63. The Morgan fingerprint density at radius 2 is 2.17 bits per heavy atom. The van der Waals surface area contributed by atoms with E-state index in [0.717, 1.165) is 0 Å². The molecule has 0 aliphatic heterocycles. The molecule has 1 atom stereocenters. The number of rotatable bonds is 5. The van der Waals surface area contributed by atoms with Gasteiger partial charge in [0, 0.05) is 18.2 Å². The number of aromatic nitrogens is 1. The Labute approximate surface area is 105 Å². The lowest BCUT2D eigenvalue weighted by Gasteiger charge is -2.14. The molecule has 0 saturated heterocycles. The van der Waals surface area contributed by atoms with Crippen molar-refractivity contribution < 1.29 is 14.8 Å². The minimum absolute atomic E-state index is 0.0658. The van der Waals surface area contributed by atoms with E-state index in [1.165, 1.54) is 16.8 Å². The number of nitrogens with one attached hydrogen (secondary N) is 1. The first-order valence-corrected chi connectivity index (χ1v) is 5.64. The van der Waals surface area contributed by atoms with Gasteiger partial charge in [0.25, 0.3) is 11.6 Å². The number of carbonyl (C=O) groups is 1. The summed E-state index contributed by atoms with van der Waals surface area (Å²) in [7, 11) is 0. The maximum absolute atomic E-state index is 11.9. The van der Waals surface area contributed by atoms with Crippen LogP contribution in [0.4, 0.5) is 5.69 Å². The summed E-state index contributed by atoms with van der Waals surface area (Å²) in [6.45, 7) is 5.12. The van der Waals surface area contributed by atoms with Crippen LogP contribution in [0.25, 0.3) is 0 Å². The van der Waals surface area contributed by atoms with Gasteiger partial charge in [-0.15, -0.1) is 0 Å². The van der Waals surface area contributed by atoms with E-state index in [4.69, 9.17) is 5.11 Å². The first-order valence-electron chi connectivity index (χ1n) is 5.64. The molecule has 0 spiro atoms. The predicted molar refractivity (Wildman–Crippen MR) is 65.5 cm³/mol. The molecule has 7 heteroatoms. The molecule has 0 unspecified atom stereocenters. The molecule has 1 heterocycles. The van der Waals surface area contributed by atoms with E-state index in [1.54, 1.807) is 6.92 Å². The molecule has 100 valence electrons. The first kappa shape index (κ1) is 14.2. The first-order chi connectivity index (χ1) is 8.36. The van der Waals surface area contributed by atoms with E-state index in [2.05, 4.69) is 5.32 Å². The standard InChI is InChI=1S/C11H17N3O4/c1-7(2)13-5-9(14(17)18)4-10(13)11(16)12-8(3)6-15/h4-5,7-8,15H,6H2,1-3H3,(H,12,16)/t8-/m0/s1. The number of hydrogen-bond acceptors (Lipinski definition) is 4. The van der Waals surface area contributed by atoms with Crippen LogP contribution in [0.5, 0.6) is 0 Å². The van der Waals surface area contributed by atoms with Crippen LogP contribution in [0.1, 0.15) is 37.3 Å². The molecule has 7 nitrogen and oxygen atoms in total. The Morgan fingerprint density at radius 3 is 2.61 bits per heavy atom. The zero-order valence-electron chi connectivity index (χ0n) is 10.6. The molecular weight excluding hydrogens is 238 g/mol. The highest BCUT2D eigenvalue weighted by Gasteiger charge is 2.21. The lowest BCUT2D eigenvalue weighted by Crippen LogP contribution is -2.36. The Bertz CT molecular complexity index is 453. The lowest BCUT2D eigenvalue weighted by molar-refractivity contribution is -0.384. The van der Waals surface area contributed by atoms with Crippen molar-refractivity contribution in [1.82, 2.24) is 9.88 Å². The average molecular weight is 255 g/mol. The fourth-order valence-corrected chi connectivity index (χ4v) is 1.52. The van der Waals surface area contributed by atoms with Gasteiger partial charge in [-0.05, 0) is 20.8 Å². The fourth-order valence-electron chi connectivity index (χ4n) is 1.52. The molecule has 1 aromatic rings. The van der Waals surface area contributed by atoms with E-state index in [-0.39, 0.29) is 24.0 Å². The number of aliphatic hydroxyl groups is 1. The SMILES string of the molecule is CC(C)n1cc([N+](=O)[O-])cc1C(=O)N[C@@H](C)CO. The van der Waals surface area contributed by atoms with Crippen molar-refractivity contribution in [2.75, 3.05) is 6.61 Å². The Balaban J connectivity index is 3.06. The number of nitrogens with zero attached hydrogens (tertiary/aromatic N) is 2. The molecule has 0 aromatic carbocycles. The van der Waals surface area contributed by atoms with Crippen molar-refractivity contribution >= 4 is 11.6 Å². The number of hydrogen-bond donors (Lipinski definition) is 2. The van der Waals surface area contributed by atoms with E-state index < -0.39 is 16.9 Å². The Morgan fingerprint density at radius 1 is 1.56 bits per heavy atom. The molecule has 2 N–H and O–H groups in total. The van der Waals surface area contributed by atoms with Crippen LogP contribution in [-0.2, 0) is 0 Å². The quantitative estimate of drug-likeness (QED) is 0.607. The summed E-state index contributed by atoms with van der Waals surface area (Å²) < 4.78 is 1.54. The van der Waals surface area contributed by atoms with Crippen LogP contribution in [0, 0.1) is 10.1 Å². The van der Waals surface area contributed by atoms with Crippen molar-refractivity contribution in [3.63, 3.8) is 0 Å². The zero-order valence-corrected chi connectivity index (χ0v) is 10.6. The smallest absolute Gasteiger partial charge is 0.287 e. The summed E-state index contributed by atoms with van der Waals surface area (Å²) in [5.74, 6) is -0.432. The highest BCUT2D eigenvalue weighted by Crippen LogP contribution is 2.20. The summed E-state index contributed by atoms with van der Waals surface area (Å²) in [6, 6.07) is 0.773. The largest absolute Gasteiger partial charge is 0.394 e. The maximum Gasteiger partial charge on any atom is 0.287 e. The highest BCUT2D eigenvalue weighted by molar-refractivity contribution is 5.93. The van der Waals surface area contributed by atoms with E-state index in [9.17, 15) is 14.9 Å². The maximum atomic E-state index is 11.9. The fraction of sp³-hybridized carbons (Fsp3) is 0.545. The minimum Gasteiger partial charge on any atom is -0.394 e. The van der Waals surface area contributed by atoms with Crippen molar-refractivity contribution in [1.29, 1.82) is 0 Å². The van der Waals surface area contributed by atoms with Gasteiger partial charge < -0.3 is 15.0 Å². The highest BCUT2D eigenvalue weighted by atomic mass is 16.6. The third-order valence-corrected chi connectivity index (χ3v) is 2.49. The second-order valence-electron chi connectivity index (χ2n) is 4.40. The van der Waals surface area contributed by atoms with Gasteiger partial charge in [0.05, 0.1) is 17.7 Å². The summed E-state index contributed by atoms with van der Waals surface area (Å²) >= 11 is 0. The predicted octanol–water partition coefficient (Wildman–Crippen LogP) is 1.09. The van der Waals surface area contributed by atoms with Gasteiger partial charge in [0.2, 0.25) is 0 Å². The molecule has 18 heavy (non-hydrogen) atoms. The molecule has 0 aliphatic rings. The number of amides is 1. The number of nitro groups is 1. The van der Waals surface area contributed by atoms with Gasteiger partial charge in [-0.25, -0.2) is 0 Å². The van der Waals surface area contributed by atoms with Gasteiger partial charge in [-0.1, -0.05) is 0 Å². The van der Waals surface area contributed by atoms with Crippen LogP contribution >= 0.6 is 0 Å². The van der Waals surface area contributed by atoms with Gasteiger partial charge in [-0.2, -0.15) is 0 Å². The molecule has 0 fully saturated rings. The van der Waals surface area contributed by atoms with Crippen LogP contribution in [0.15, 0.2) is 12.3 Å². The number of carbonyl (C=O) groups excluding carboxylic acids is 1. The van der Waals surface area contributed by atoms with Crippen LogP contribution in [-0.4, -0.2) is 33.2 Å². The lowest BCUT2D eigenvalue weighted by atomic mass is 10.3. The monoisotopic (exact) mass is 255 g/mol. The van der Waals surface area contributed by atoms with Gasteiger partial charge in [0.1, 0.15) is 5.69 Å². The molecule has 0 radical (unpaired) electrons. The van der Waals surface area contributed by atoms with Gasteiger partial charge in [0.15, 0.2) is 0 Å².